The topological polar surface area (TPSA) is 85.3 Å². The molecule has 3 rings (SSSR count). The fourth-order valence-electron chi connectivity index (χ4n) is 1.99. The second-order valence-electron chi connectivity index (χ2n) is 4.46. The molecule has 1 amide bonds. The van der Waals surface area contributed by atoms with Crippen LogP contribution in [0.4, 0.5) is 5.69 Å². The van der Waals surface area contributed by atoms with Gasteiger partial charge in [-0.1, -0.05) is 22.0 Å². The Labute approximate surface area is 129 Å². The molecular formula is C14H12BrN5O. The van der Waals surface area contributed by atoms with Crippen LogP contribution in [-0.2, 0) is 6.54 Å². The van der Waals surface area contributed by atoms with E-state index in [1.807, 2.05) is 28.8 Å². The first-order valence-corrected chi connectivity index (χ1v) is 7.06. The minimum atomic E-state index is -0.249. The molecule has 0 saturated heterocycles. The number of halogens is 1. The Balaban J connectivity index is 1.78. The molecule has 106 valence electrons. The summed E-state index contributed by atoms with van der Waals surface area (Å²) in [4.78, 5) is 12.2. The van der Waals surface area contributed by atoms with Gasteiger partial charge in [0.05, 0.1) is 12.1 Å². The van der Waals surface area contributed by atoms with E-state index in [0.717, 1.165) is 10.1 Å². The monoisotopic (exact) mass is 345 g/mol. The number of fused-ring (bicyclic) bond motifs is 1. The zero-order chi connectivity index (χ0) is 14.8. The van der Waals surface area contributed by atoms with Crippen molar-refractivity contribution in [3.05, 3.63) is 58.5 Å². The van der Waals surface area contributed by atoms with Crippen LogP contribution in [0, 0.1) is 0 Å². The molecule has 0 aliphatic rings. The predicted molar refractivity (Wildman–Crippen MR) is 82.7 cm³/mol. The third kappa shape index (κ3) is 2.73. The third-order valence-electron chi connectivity index (χ3n) is 3.05. The highest BCUT2D eigenvalue weighted by Gasteiger charge is 2.11. The summed E-state index contributed by atoms with van der Waals surface area (Å²) in [6.45, 7) is 0.274. The maximum atomic E-state index is 12.2. The third-order valence-corrected chi connectivity index (χ3v) is 3.54. The number of pyridine rings is 1. The van der Waals surface area contributed by atoms with Crippen LogP contribution in [0.2, 0.25) is 0 Å². The van der Waals surface area contributed by atoms with Crippen molar-refractivity contribution >= 4 is 33.2 Å². The highest BCUT2D eigenvalue weighted by molar-refractivity contribution is 9.10. The normalized spacial score (nSPS) is 10.7. The van der Waals surface area contributed by atoms with E-state index in [1.165, 1.54) is 0 Å². The molecule has 0 saturated carbocycles. The van der Waals surface area contributed by atoms with Crippen LogP contribution in [-0.4, -0.2) is 20.5 Å². The molecule has 0 aliphatic carbocycles. The van der Waals surface area contributed by atoms with Crippen molar-refractivity contribution in [2.24, 2.45) is 0 Å². The van der Waals surface area contributed by atoms with Crippen molar-refractivity contribution in [2.45, 2.75) is 6.54 Å². The maximum Gasteiger partial charge on any atom is 0.253 e. The van der Waals surface area contributed by atoms with Crippen molar-refractivity contribution < 1.29 is 4.79 Å². The molecule has 3 aromatic rings. The van der Waals surface area contributed by atoms with Crippen molar-refractivity contribution in [2.75, 3.05) is 5.73 Å². The predicted octanol–water partition coefficient (Wildman–Crippen LogP) is 2.00. The lowest BCUT2D eigenvalue weighted by Gasteiger charge is -2.07. The van der Waals surface area contributed by atoms with Crippen molar-refractivity contribution in [3.8, 4) is 0 Å². The Morgan fingerprint density at radius 1 is 1.29 bits per heavy atom. The summed E-state index contributed by atoms with van der Waals surface area (Å²) in [6, 6.07) is 10.8. The van der Waals surface area contributed by atoms with Gasteiger partial charge in [0.25, 0.3) is 5.91 Å². The number of hydrogen-bond donors (Lipinski definition) is 2. The molecule has 0 atom stereocenters. The summed E-state index contributed by atoms with van der Waals surface area (Å²) in [5.41, 5.74) is 7.42. The van der Waals surface area contributed by atoms with Gasteiger partial charge in [0.2, 0.25) is 0 Å². The molecule has 0 aliphatic heterocycles. The summed E-state index contributed by atoms with van der Waals surface area (Å²) in [5, 5.41) is 10.9. The lowest BCUT2D eigenvalue weighted by molar-refractivity contribution is 0.0950. The van der Waals surface area contributed by atoms with Crippen molar-refractivity contribution in [1.82, 2.24) is 19.9 Å². The van der Waals surface area contributed by atoms with Gasteiger partial charge in [-0.25, -0.2) is 0 Å². The average Bonchev–Trinajstić information content (AvgIpc) is 2.90. The highest BCUT2D eigenvalue weighted by atomic mass is 79.9. The highest BCUT2D eigenvalue weighted by Crippen LogP contribution is 2.18. The Hall–Kier alpha value is -2.41. The first kappa shape index (κ1) is 13.6. The smallest absolute Gasteiger partial charge is 0.253 e. The second kappa shape index (κ2) is 5.53. The van der Waals surface area contributed by atoms with Crippen LogP contribution in [0.1, 0.15) is 16.2 Å². The zero-order valence-corrected chi connectivity index (χ0v) is 12.5. The number of anilines is 1. The molecule has 21 heavy (non-hydrogen) atoms. The van der Waals surface area contributed by atoms with E-state index in [1.54, 1.807) is 18.2 Å². The number of nitrogens with two attached hydrogens (primary N) is 1. The van der Waals surface area contributed by atoms with Crippen LogP contribution >= 0.6 is 15.9 Å². The number of nitrogens with one attached hydrogen (secondary N) is 1. The molecule has 0 radical (unpaired) electrons. The maximum absolute atomic E-state index is 12.2. The molecule has 0 unspecified atom stereocenters. The largest absolute Gasteiger partial charge is 0.398 e. The molecule has 0 bridgehead atoms. The first-order valence-electron chi connectivity index (χ1n) is 6.27. The summed E-state index contributed by atoms with van der Waals surface area (Å²) < 4.78 is 2.62. The van der Waals surface area contributed by atoms with E-state index >= 15 is 0 Å². The van der Waals surface area contributed by atoms with Gasteiger partial charge in [-0.2, -0.15) is 0 Å². The Morgan fingerprint density at radius 3 is 3.00 bits per heavy atom. The van der Waals surface area contributed by atoms with Crippen LogP contribution in [0.25, 0.3) is 5.65 Å². The molecule has 6 nitrogen and oxygen atoms in total. The summed E-state index contributed by atoms with van der Waals surface area (Å²) >= 11 is 3.32. The summed E-state index contributed by atoms with van der Waals surface area (Å²) in [5.74, 6) is 0.411. The number of rotatable bonds is 3. The number of hydrogen-bond acceptors (Lipinski definition) is 4. The lowest BCUT2D eigenvalue weighted by atomic mass is 10.1. The Kier molecular flexibility index (Phi) is 3.57. The van der Waals surface area contributed by atoms with Gasteiger partial charge in [0, 0.05) is 16.4 Å². The van der Waals surface area contributed by atoms with Crippen molar-refractivity contribution in [3.63, 3.8) is 0 Å². The molecule has 7 heteroatoms. The van der Waals surface area contributed by atoms with E-state index in [-0.39, 0.29) is 12.5 Å². The number of nitrogens with zero attached hydrogens (tertiary/aromatic N) is 3. The fourth-order valence-corrected chi connectivity index (χ4v) is 2.35. The van der Waals surface area contributed by atoms with Crippen molar-refractivity contribution in [1.29, 1.82) is 0 Å². The van der Waals surface area contributed by atoms with Gasteiger partial charge >= 0.3 is 0 Å². The Morgan fingerprint density at radius 2 is 2.14 bits per heavy atom. The minimum Gasteiger partial charge on any atom is -0.398 e. The molecule has 0 spiro atoms. The number of aromatic nitrogens is 3. The van der Waals surface area contributed by atoms with Gasteiger partial charge in [-0.05, 0) is 30.3 Å². The van der Waals surface area contributed by atoms with Gasteiger partial charge in [0.15, 0.2) is 11.5 Å². The minimum absolute atomic E-state index is 0.249. The van der Waals surface area contributed by atoms with Crippen LogP contribution in [0.3, 0.4) is 0 Å². The molecule has 0 fully saturated rings. The molecule has 2 heterocycles. The van der Waals surface area contributed by atoms with Gasteiger partial charge in [-0.15, -0.1) is 10.2 Å². The van der Waals surface area contributed by atoms with E-state index in [9.17, 15) is 4.79 Å². The van der Waals surface area contributed by atoms with E-state index in [0.29, 0.717) is 17.1 Å². The Bertz CT molecular complexity index is 814. The van der Waals surface area contributed by atoms with Crippen LogP contribution in [0.15, 0.2) is 47.1 Å². The zero-order valence-electron chi connectivity index (χ0n) is 11.0. The number of carbonyl (C=O) groups is 1. The second-order valence-corrected chi connectivity index (χ2v) is 5.37. The number of amides is 1. The fraction of sp³-hybridized carbons (Fsp3) is 0.0714. The number of nitrogen functional groups attached to an aromatic ring is 1. The van der Waals surface area contributed by atoms with Crippen LogP contribution < -0.4 is 11.1 Å². The van der Waals surface area contributed by atoms with Gasteiger partial charge < -0.3 is 11.1 Å². The quantitative estimate of drug-likeness (QED) is 0.711. The van der Waals surface area contributed by atoms with Gasteiger partial charge in [-0.3, -0.25) is 9.20 Å². The van der Waals surface area contributed by atoms with E-state index in [4.69, 9.17) is 5.73 Å². The number of benzene rings is 1. The molecular weight excluding hydrogens is 334 g/mol. The summed E-state index contributed by atoms with van der Waals surface area (Å²) in [7, 11) is 0. The average molecular weight is 346 g/mol. The van der Waals surface area contributed by atoms with E-state index < -0.39 is 0 Å². The lowest BCUT2D eigenvalue weighted by Crippen LogP contribution is -2.24. The first-order chi connectivity index (χ1) is 10.1. The molecule has 3 N–H and O–H groups in total. The van der Waals surface area contributed by atoms with E-state index in [2.05, 4.69) is 31.4 Å². The molecule has 1 aromatic carbocycles. The molecule has 2 aromatic heterocycles. The number of carbonyl (C=O) groups excluding carboxylic acids is 1. The van der Waals surface area contributed by atoms with Gasteiger partial charge in [0.1, 0.15) is 0 Å². The SMILES string of the molecule is Nc1ccc(Br)cc1C(=O)NCc1nnc2ccccn12. The standard InChI is InChI=1S/C14H12BrN5O/c15-9-4-5-11(16)10(7-9)14(21)17-8-13-19-18-12-3-1-2-6-20(12)13/h1-7H,8,16H2,(H,17,21). The summed E-state index contributed by atoms with van der Waals surface area (Å²) in [6.07, 6.45) is 1.85. The van der Waals surface area contributed by atoms with Crippen LogP contribution in [0.5, 0.6) is 0 Å².